The van der Waals surface area contributed by atoms with E-state index in [0.717, 1.165) is 12.0 Å². The average Bonchev–Trinajstić information content (AvgIpc) is 2.69. The smallest absolute Gasteiger partial charge is 0.306 e. The molecule has 5 heteroatoms. The van der Waals surface area contributed by atoms with Gasteiger partial charge < -0.3 is 10.1 Å². The van der Waals surface area contributed by atoms with Gasteiger partial charge in [0, 0.05) is 24.1 Å². The number of nitrogens with one attached hydrogen (secondary N) is 1. The van der Waals surface area contributed by atoms with E-state index in [2.05, 4.69) is 5.32 Å². The van der Waals surface area contributed by atoms with Crippen molar-refractivity contribution in [3.05, 3.63) is 71.3 Å². The predicted octanol–water partition coefficient (Wildman–Crippen LogP) is 2.88. The highest BCUT2D eigenvalue weighted by Gasteiger charge is 2.26. The summed E-state index contributed by atoms with van der Waals surface area (Å²) in [5.41, 5.74) is 2.08. The van der Waals surface area contributed by atoms with Crippen LogP contribution >= 0.6 is 0 Å². The second kappa shape index (κ2) is 8.43. The largest absolute Gasteiger partial charge is 0.461 e. The summed E-state index contributed by atoms with van der Waals surface area (Å²) in [6.45, 7) is 0.893. The third kappa shape index (κ3) is 4.57. The molecule has 1 aliphatic rings. The lowest BCUT2D eigenvalue weighted by atomic mass is 9.95. The molecule has 0 radical (unpaired) electrons. The fraction of sp³-hybridized carbons (Fsp3) is 0.286. The molecule has 1 unspecified atom stereocenters. The maximum absolute atomic E-state index is 12.3. The highest BCUT2D eigenvalue weighted by atomic mass is 16.5. The summed E-state index contributed by atoms with van der Waals surface area (Å²) in [6, 6.07) is 16.2. The Hall–Kier alpha value is -2.95. The number of hydrogen-bond donors (Lipinski definition) is 1. The minimum atomic E-state index is -0.269. The van der Waals surface area contributed by atoms with Gasteiger partial charge in [0.05, 0.1) is 5.92 Å². The van der Waals surface area contributed by atoms with Crippen LogP contribution in [0.25, 0.3) is 0 Å². The van der Waals surface area contributed by atoms with E-state index in [9.17, 15) is 14.4 Å². The zero-order chi connectivity index (χ0) is 18.4. The van der Waals surface area contributed by atoms with Crippen LogP contribution in [0.1, 0.15) is 40.7 Å². The number of hydrogen-bond acceptors (Lipinski definition) is 4. The summed E-state index contributed by atoms with van der Waals surface area (Å²) >= 11 is 0. The molecule has 1 saturated heterocycles. The van der Waals surface area contributed by atoms with Gasteiger partial charge in [0.25, 0.3) is 0 Å². The first-order chi connectivity index (χ1) is 12.6. The zero-order valence-electron chi connectivity index (χ0n) is 14.4. The molecule has 2 aromatic rings. The van der Waals surface area contributed by atoms with E-state index in [1.165, 1.54) is 0 Å². The van der Waals surface area contributed by atoms with Crippen LogP contribution < -0.4 is 5.32 Å². The highest BCUT2D eigenvalue weighted by molar-refractivity contribution is 6.08. The van der Waals surface area contributed by atoms with E-state index >= 15 is 0 Å². The quantitative estimate of drug-likeness (QED) is 0.451. The Labute approximate surface area is 152 Å². The van der Waals surface area contributed by atoms with Gasteiger partial charge in [-0.25, -0.2) is 0 Å². The highest BCUT2D eigenvalue weighted by Crippen LogP contribution is 2.15. The van der Waals surface area contributed by atoms with Crippen molar-refractivity contribution in [1.29, 1.82) is 0 Å². The van der Waals surface area contributed by atoms with E-state index in [-0.39, 0.29) is 30.2 Å². The number of β-lactam (4-membered cyclic amide) rings is 1. The first kappa shape index (κ1) is 17.9. The Morgan fingerprint density at radius 2 is 1.69 bits per heavy atom. The summed E-state index contributed by atoms with van der Waals surface area (Å²) < 4.78 is 5.25. The number of ketones is 1. The maximum atomic E-state index is 12.3. The lowest BCUT2D eigenvalue weighted by molar-refractivity contribution is -0.145. The van der Waals surface area contributed by atoms with Crippen LogP contribution in [0.5, 0.6) is 0 Å². The minimum absolute atomic E-state index is 0.0332. The van der Waals surface area contributed by atoms with Gasteiger partial charge in [-0.3, -0.25) is 14.4 Å². The summed E-state index contributed by atoms with van der Waals surface area (Å²) in [6.07, 6.45) is 1.69. The maximum Gasteiger partial charge on any atom is 0.306 e. The molecule has 1 heterocycles. The molecule has 1 N–H and O–H groups in total. The summed E-state index contributed by atoms with van der Waals surface area (Å²) in [4.78, 5) is 35.2. The predicted molar refractivity (Wildman–Crippen MR) is 96.5 cm³/mol. The van der Waals surface area contributed by atoms with Crippen molar-refractivity contribution < 1.29 is 19.1 Å². The molecule has 0 bridgehead atoms. The van der Waals surface area contributed by atoms with Gasteiger partial charge in [-0.2, -0.15) is 0 Å². The van der Waals surface area contributed by atoms with Crippen molar-refractivity contribution in [1.82, 2.24) is 5.32 Å². The van der Waals surface area contributed by atoms with E-state index in [0.29, 0.717) is 30.5 Å². The summed E-state index contributed by atoms with van der Waals surface area (Å²) in [5.74, 6) is -0.177. The molecule has 0 aromatic heterocycles. The molecule has 0 aliphatic carbocycles. The summed E-state index contributed by atoms with van der Waals surface area (Å²) in [5, 5.41) is 2.69. The molecular weight excluding hydrogens is 330 g/mol. The van der Waals surface area contributed by atoms with Crippen molar-refractivity contribution in [2.45, 2.75) is 25.9 Å². The lowest BCUT2D eigenvalue weighted by Crippen LogP contribution is -2.48. The number of benzene rings is 2. The van der Waals surface area contributed by atoms with Crippen LogP contribution in [-0.4, -0.2) is 24.2 Å². The molecule has 2 aromatic carbocycles. The number of rotatable bonds is 8. The fourth-order valence-corrected chi connectivity index (χ4v) is 2.80. The fourth-order valence-electron chi connectivity index (χ4n) is 2.80. The van der Waals surface area contributed by atoms with Crippen LogP contribution in [-0.2, 0) is 20.9 Å². The Bertz CT molecular complexity index is 783. The first-order valence-corrected chi connectivity index (χ1v) is 8.75. The summed E-state index contributed by atoms with van der Waals surface area (Å²) in [7, 11) is 0. The molecule has 1 aliphatic heterocycles. The first-order valence-electron chi connectivity index (χ1n) is 8.75. The molecule has 1 atom stereocenters. The molecule has 26 heavy (non-hydrogen) atoms. The number of amides is 1. The number of carbonyl (C=O) groups excluding carboxylic acids is 3. The molecule has 0 saturated carbocycles. The van der Waals surface area contributed by atoms with Crippen molar-refractivity contribution in [3.63, 3.8) is 0 Å². The monoisotopic (exact) mass is 351 g/mol. The normalized spacial score (nSPS) is 15.7. The second-order valence-electron chi connectivity index (χ2n) is 6.39. The van der Waals surface area contributed by atoms with Crippen molar-refractivity contribution in [2.75, 3.05) is 6.54 Å². The van der Waals surface area contributed by atoms with E-state index in [1.807, 2.05) is 18.2 Å². The van der Waals surface area contributed by atoms with Gasteiger partial charge in [-0.15, -0.1) is 0 Å². The molecule has 1 fully saturated rings. The second-order valence-corrected chi connectivity index (χ2v) is 6.39. The number of carbonyl (C=O) groups is 3. The van der Waals surface area contributed by atoms with E-state index < -0.39 is 0 Å². The minimum Gasteiger partial charge on any atom is -0.461 e. The molecule has 1 amide bonds. The van der Waals surface area contributed by atoms with Crippen molar-refractivity contribution in [3.8, 4) is 0 Å². The molecular formula is C21H21NO4. The van der Waals surface area contributed by atoms with Crippen molar-refractivity contribution >= 4 is 17.7 Å². The third-order valence-corrected chi connectivity index (χ3v) is 4.48. The van der Waals surface area contributed by atoms with Gasteiger partial charge >= 0.3 is 5.97 Å². The standard InChI is InChI=1S/C21H21NO4/c23-19(8-4-7-18-13-22-21(18)25)26-14-15-9-11-17(12-10-15)20(24)16-5-2-1-3-6-16/h1-3,5-6,9-12,18H,4,7-8,13-14H2,(H,22,25). The number of esters is 1. The van der Waals surface area contributed by atoms with Crippen LogP contribution in [0, 0.1) is 5.92 Å². The Morgan fingerprint density at radius 1 is 1.00 bits per heavy atom. The van der Waals surface area contributed by atoms with Gasteiger partial charge in [-0.1, -0.05) is 54.6 Å². The van der Waals surface area contributed by atoms with Crippen molar-refractivity contribution in [2.24, 2.45) is 5.92 Å². The average molecular weight is 351 g/mol. The number of ether oxygens (including phenoxy) is 1. The Morgan fingerprint density at radius 3 is 2.31 bits per heavy atom. The van der Waals surface area contributed by atoms with Gasteiger partial charge in [0.1, 0.15) is 6.61 Å². The Kier molecular flexibility index (Phi) is 5.79. The topological polar surface area (TPSA) is 72.5 Å². The van der Waals surface area contributed by atoms with Crippen LogP contribution in [0.2, 0.25) is 0 Å². The van der Waals surface area contributed by atoms with E-state index in [4.69, 9.17) is 4.74 Å². The Balaban J connectivity index is 1.43. The molecule has 5 nitrogen and oxygen atoms in total. The molecule has 134 valence electrons. The third-order valence-electron chi connectivity index (χ3n) is 4.48. The van der Waals surface area contributed by atoms with Crippen LogP contribution in [0.15, 0.2) is 54.6 Å². The molecule has 3 rings (SSSR count). The van der Waals surface area contributed by atoms with Gasteiger partial charge in [0.2, 0.25) is 5.91 Å². The zero-order valence-corrected chi connectivity index (χ0v) is 14.4. The van der Waals surface area contributed by atoms with Gasteiger partial charge in [-0.05, 0) is 18.4 Å². The van der Waals surface area contributed by atoms with Crippen LogP contribution in [0.3, 0.4) is 0 Å². The molecule has 0 spiro atoms. The lowest BCUT2D eigenvalue weighted by Gasteiger charge is -2.25. The van der Waals surface area contributed by atoms with E-state index in [1.54, 1.807) is 36.4 Å². The SMILES string of the molecule is O=C(CCCC1CNC1=O)OCc1ccc(C(=O)c2ccccc2)cc1. The van der Waals surface area contributed by atoms with Gasteiger partial charge in [0.15, 0.2) is 5.78 Å². The van der Waals surface area contributed by atoms with Crippen LogP contribution in [0.4, 0.5) is 0 Å².